The molecule has 2 aliphatic rings. The van der Waals surface area contributed by atoms with E-state index in [1.54, 1.807) is 4.90 Å². The molecule has 1 N–H and O–H groups in total. The van der Waals surface area contributed by atoms with E-state index in [4.69, 9.17) is 0 Å². The zero-order chi connectivity index (χ0) is 23.6. The third-order valence-electron chi connectivity index (χ3n) is 7.67. The molecule has 1 aromatic heterocycles. The second kappa shape index (κ2) is 7.32. The van der Waals surface area contributed by atoms with Crippen LogP contribution in [0.3, 0.4) is 0 Å². The lowest BCUT2D eigenvalue weighted by Crippen LogP contribution is -2.50. The zero-order valence-electron chi connectivity index (χ0n) is 19.6. The number of benzene rings is 3. The molecule has 3 heterocycles. The first-order valence-corrected chi connectivity index (χ1v) is 11.9. The van der Waals surface area contributed by atoms with Gasteiger partial charge in [-0.1, -0.05) is 67.6 Å². The number of hydrogen-bond acceptors (Lipinski definition) is 2. The summed E-state index contributed by atoms with van der Waals surface area (Å²) in [5, 5.41) is 1.11. The molecule has 2 aliphatic heterocycles. The van der Waals surface area contributed by atoms with Gasteiger partial charge in [-0.2, -0.15) is 0 Å². The number of carbonyl (C=O) groups is 2. The number of nitrogens with one attached hydrogen (secondary N) is 1. The molecule has 170 valence electrons. The molecule has 0 saturated carbocycles. The fraction of sp³-hybridized carbons (Fsp3) is 0.241. The lowest BCUT2D eigenvalue weighted by molar-refractivity contribution is -0.125. The van der Waals surface area contributed by atoms with E-state index in [9.17, 15) is 9.59 Å². The third-order valence-corrected chi connectivity index (χ3v) is 7.67. The van der Waals surface area contributed by atoms with Crippen LogP contribution in [0.15, 0.2) is 72.8 Å². The molecule has 4 aromatic rings. The Morgan fingerprint density at radius 3 is 2.41 bits per heavy atom. The summed E-state index contributed by atoms with van der Waals surface area (Å²) < 4.78 is 0. The van der Waals surface area contributed by atoms with Crippen LogP contribution in [-0.2, 0) is 16.8 Å². The van der Waals surface area contributed by atoms with E-state index in [1.807, 2.05) is 56.3 Å². The first-order chi connectivity index (χ1) is 16.4. The monoisotopic (exact) mass is 449 g/mol. The van der Waals surface area contributed by atoms with Gasteiger partial charge in [0.1, 0.15) is 0 Å². The highest BCUT2D eigenvalue weighted by Crippen LogP contribution is 2.50. The SMILES string of the molecule is CCc1ccc(C2CN3C(=O)N(c4ccccc4C)C(=O)C3(C)c3[nH]c4ccccc4c32)cc1. The van der Waals surface area contributed by atoms with Crippen LogP contribution < -0.4 is 4.90 Å². The molecule has 34 heavy (non-hydrogen) atoms. The van der Waals surface area contributed by atoms with Crippen molar-refractivity contribution in [3.8, 4) is 0 Å². The lowest BCUT2D eigenvalue weighted by atomic mass is 9.78. The molecule has 0 spiro atoms. The van der Waals surface area contributed by atoms with Crippen molar-refractivity contribution in [1.82, 2.24) is 9.88 Å². The van der Waals surface area contributed by atoms with Crippen LogP contribution in [0, 0.1) is 6.92 Å². The second-order valence-corrected chi connectivity index (χ2v) is 9.50. The molecule has 6 rings (SSSR count). The van der Waals surface area contributed by atoms with Crippen molar-refractivity contribution in [3.63, 3.8) is 0 Å². The number of aryl methyl sites for hydroxylation is 2. The Kier molecular flexibility index (Phi) is 4.46. The van der Waals surface area contributed by atoms with Gasteiger partial charge in [0.15, 0.2) is 5.54 Å². The maximum Gasteiger partial charge on any atom is 0.332 e. The smallest absolute Gasteiger partial charge is 0.332 e. The Labute approximate surface area is 199 Å². The number of aromatic amines is 1. The minimum absolute atomic E-state index is 0.0290. The highest BCUT2D eigenvalue weighted by atomic mass is 16.2. The number of anilines is 1. The third kappa shape index (κ3) is 2.67. The molecular weight excluding hydrogens is 422 g/mol. The van der Waals surface area contributed by atoms with Gasteiger partial charge in [0.25, 0.3) is 5.91 Å². The second-order valence-electron chi connectivity index (χ2n) is 9.50. The number of para-hydroxylation sites is 2. The van der Waals surface area contributed by atoms with E-state index in [-0.39, 0.29) is 17.9 Å². The van der Waals surface area contributed by atoms with Crippen LogP contribution in [0.1, 0.15) is 47.7 Å². The summed E-state index contributed by atoms with van der Waals surface area (Å²) in [5.41, 5.74) is 5.81. The number of urea groups is 1. The van der Waals surface area contributed by atoms with Gasteiger partial charge in [-0.05, 0) is 54.7 Å². The quantitative estimate of drug-likeness (QED) is 0.398. The molecule has 1 fully saturated rings. The standard InChI is InChI=1S/C29H27N3O2/c1-4-19-13-15-20(16-14-19)22-17-31-28(34)32(24-12-8-5-9-18(24)2)27(33)29(31,3)26-25(22)21-10-6-7-11-23(21)30-26/h5-16,22,30H,4,17H2,1-3H3. The largest absolute Gasteiger partial charge is 0.356 e. The van der Waals surface area contributed by atoms with Crippen LogP contribution in [0.4, 0.5) is 10.5 Å². The number of nitrogens with zero attached hydrogens (tertiary/aromatic N) is 2. The number of carbonyl (C=O) groups excluding carboxylic acids is 2. The number of rotatable bonds is 3. The van der Waals surface area contributed by atoms with E-state index < -0.39 is 5.54 Å². The van der Waals surface area contributed by atoms with Gasteiger partial charge in [-0.15, -0.1) is 0 Å². The average Bonchev–Trinajstić information content (AvgIpc) is 3.34. The lowest BCUT2D eigenvalue weighted by Gasteiger charge is -2.40. The Bertz CT molecular complexity index is 1450. The van der Waals surface area contributed by atoms with Gasteiger partial charge in [0.2, 0.25) is 0 Å². The number of hydrogen-bond donors (Lipinski definition) is 1. The van der Waals surface area contributed by atoms with Crippen LogP contribution >= 0.6 is 0 Å². The van der Waals surface area contributed by atoms with Crippen molar-refractivity contribution < 1.29 is 9.59 Å². The van der Waals surface area contributed by atoms with E-state index in [2.05, 4.69) is 42.2 Å². The molecule has 5 heteroatoms. The fourth-order valence-corrected chi connectivity index (χ4v) is 5.70. The molecule has 2 unspecified atom stereocenters. The van der Waals surface area contributed by atoms with Crippen LogP contribution in [0.25, 0.3) is 10.9 Å². The molecule has 0 radical (unpaired) electrons. The van der Waals surface area contributed by atoms with Crippen molar-refractivity contribution >= 4 is 28.5 Å². The normalized spacial score (nSPS) is 21.8. The average molecular weight is 450 g/mol. The maximum absolute atomic E-state index is 14.0. The summed E-state index contributed by atoms with van der Waals surface area (Å²) in [4.78, 5) is 34.5. The van der Waals surface area contributed by atoms with Crippen molar-refractivity contribution in [3.05, 3.63) is 101 Å². The van der Waals surface area contributed by atoms with E-state index in [0.717, 1.165) is 39.7 Å². The van der Waals surface area contributed by atoms with Crippen LogP contribution in [0.2, 0.25) is 0 Å². The number of amides is 3. The molecule has 3 amide bonds. The summed E-state index contributed by atoms with van der Waals surface area (Å²) in [7, 11) is 0. The molecule has 5 nitrogen and oxygen atoms in total. The van der Waals surface area contributed by atoms with Gasteiger partial charge in [-0.3, -0.25) is 4.79 Å². The van der Waals surface area contributed by atoms with E-state index in [0.29, 0.717) is 12.2 Å². The summed E-state index contributed by atoms with van der Waals surface area (Å²) in [6.07, 6.45) is 0.978. The summed E-state index contributed by atoms with van der Waals surface area (Å²) in [6.45, 7) is 6.41. The van der Waals surface area contributed by atoms with Crippen molar-refractivity contribution in [2.24, 2.45) is 0 Å². The summed E-state index contributed by atoms with van der Waals surface area (Å²) in [5.74, 6) is -0.238. The minimum Gasteiger partial charge on any atom is -0.356 e. The number of fused-ring (bicyclic) bond motifs is 5. The minimum atomic E-state index is -1.09. The number of aromatic nitrogens is 1. The highest BCUT2D eigenvalue weighted by Gasteiger charge is 2.60. The predicted octanol–water partition coefficient (Wildman–Crippen LogP) is 5.87. The van der Waals surface area contributed by atoms with Crippen molar-refractivity contribution in [1.29, 1.82) is 0 Å². The molecule has 1 saturated heterocycles. The Hall–Kier alpha value is -3.86. The molecule has 2 atom stereocenters. The molecule has 0 aliphatic carbocycles. The summed E-state index contributed by atoms with van der Waals surface area (Å²) >= 11 is 0. The number of H-pyrrole nitrogens is 1. The predicted molar refractivity (Wildman–Crippen MR) is 134 cm³/mol. The maximum atomic E-state index is 14.0. The first kappa shape index (κ1) is 20.7. The Balaban J connectivity index is 1.58. The van der Waals surface area contributed by atoms with Gasteiger partial charge in [0.05, 0.1) is 11.4 Å². The zero-order valence-corrected chi connectivity index (χ0v) is 19.6. The Morgan fingerprint density at radius 1 is 0.971 bits per heavy atom. The highest BCUT2D eigenvalue weighted by molar-refractivity contribution is 6.24. The van der Waals surface area contributed by atoms with Gasteiger partial charge in [-0.25, -0.2) is 9.69 Å². The van der Waals surface area contributed by atoms with Gasteiger partial charge >= 0.3 is 6.03 Å². The molecule has 3 aromatic carbocycles. The molecule has 0 bridgehead atoms. The first-order valence-electron chi connectivity index (χ1n) is 11.9. The van der Waals surface area contributed by atoms with Gasteiger partial charge < -0.3 is 9.88 Å². The van der Waals surface area contributed by atoms with Crippen LogP contribution in [-0.4, -0.2) is 28.4 Å². The van der Waals surface area contributed by atoms with Gasteiger partial charge in [0, 0.05) is 23.4 Å². The summed E-state index contributed by atoms with van der Waals surface area (Å²) in [6, 6.07) is 24.1. The van der Waals surface area contributed by atoms with E-state index in [1.165, 1.54) is 10.5 Å². The van der Waals surface area contributed by atoms with Crippen LogP contribution in [0.5, 0.6) is 0 Å². The topological polar surface area (TPSA) is 56.4 Å². The number of imide groups is 1. The van der Waals surface area contributed by atoms with E-state index >= 15 is 0 Å². The van der Waals surface area contributed by atoms with Crippen molar-refractivity contribution in [2.45, 2.75) is 38.6 Å². The molecular formula is C29H27N3O2. The Morgan fingerprint density at radius 2 is 1.68 bits per heavy atom. The fourth-order valence-electron chi connectivity index (χ4n) is 5.70. The van der Waals surface area contributed by atoms with Crippen molar-refractivity contribution in [2.75, 3.05) is 11.4 Å².